The number of ether oxygens (including phenoxy) is 1. The molecular weight excluding hydrogens is 510 g/mol. The zero-order valence-corrected chi connectivity index (χ0v) is 22.3. The van der Waals surface area contributed by atoms with Gasteiger partial charge in [-0.15, -0.1) is 11.3 Å². The van der Waals surface area contributed by atoms with Crippen molar-refractivity contribution in [2.24, 2.45) is 0 Å². The Balaban J connectivity index is 1.38. The lowest BCUT2D eigenvalue weighted by atomic mass is 9.95. The molecule has 190 valence electrons. The first-order valence-corrected chi connectivity index (χ1v) is 14.4. The molecule has 4 rings (SSSR count). The molecule has 1 aliphatic carbocycles. The molecule has 1 N–H and O–H groups in total. The Morgan fingerprint density at radius 3 is 2.40 bits per heavy atom. The van der Waals surface area contributed by atoms with Crippen molar-refractivity contribution in [3.8, 4) is 0 Å². The van der Waals surface area contributed by atoms with E-state index < -0.39 is 16.0 Å². The summed E-state index contributed by atoms with van der Waals surface area (Å²) in [7, 11) is -3.61. The Bertz CT molecular complexity index is 1190. The number of rotatable bonds is 7. The second-order valence-electron chi connectivity index (χ2n) is 9.05. The number of anilines is 1. The molecule has 1 aliphatic heterocycles. The molecule has 0 unspecified atom stereocenters. The van der Waals surface area contributed by atoms with Crippen molar-refractivity contribution in [2.45, 2.75) is 50.5 Å². The van der Waals surface area contributed by atoms with Crippen molar-refractivity contribution in [3.05, 3.63) is 45.3 Å². The normalized spacial score (nSPS) is 17.3. The number of hydrogen-bond donors (Lipinski definition) is 1. The van der Waals surface area contributed by atoms with Crippen LogP contribution in [-0.2, 0) is 32.4 Å². The molecule has 1 fully saturated rings. The fourth-order valence-corrected chi connectivity index (χ4v) is 7.24. The Hall–Kier alpha value is -1.98. The molecule has 0 bridgehead atoms. The molecule has 8 nitrogen and oxygen atoms in total. The van der Waals surface area contributed by atoms with E-state index >= 15 is 0 Å². The molecule has 35 heavy (non-hydrogen) atoms. The van der Waals surface area contributed by atoms with Gasteiger partial charge in [-0.25, -0.2) is 13.2 Å². The van der Waals surface area contributed by atoms with Crippen LogP contribution >= 0.6 is 22.9 Å². The lowest BCUT2D eigenvalue weighted by Gasteiger charge is -2.33. The zero-order valence-electron chi connectivity index (χ0n) is 19.9. The number of benzene rings is 1. The first-order chi connectivity index (χ1) is 16.6. The van der Waals surface area contributed by atoms with Crippen LogP contribution in [0, 0.1) is 0 Å². The first kappa shape index (κ1) is 26.1. The van der Waals surface area contributed by atoms with Crippen molar-refractivity contribution in [1.29, 1.82) is 0 Å². The van der Waals surface area contributed by atoms with E-state index in [1.807, 2.05) is 18.7 Å². The first-order valence-electron chi connectivity index (χ1n) is 11.8. The molecule has 0 saturated carbocycles. The molecule has 11 heteroatoms. The van der Waals surface area contributed by atoms with Gasteiger partial charge >= 0.3 is 5.97 Å². The number of nitrogens with one attached hydrogen (secondary N) is 1. The number of hydrogen-bond acceptors (Lipinski definition) is 7. The third-order valence-electron chi connectivity index (χ3n) is 6.12. The van der Waals surface area contributed by atoms with Gasteiger partial charge in [0.05, 0.1) is 23.1 Å². The molecular formula is C24H30ClN3O5S2. The van der Waals surface area contributed by atoms with Crippen molar-refractivity contribution < 1.29 is 22.7 Å². The van der Waals surface area contributed by atoms with Gasteiger partial charge in [-0.2, -0.15) is 4.31 Å². The molecule has 2 aromatic rings. The Labute approximate surface area is 215 Å². The quantitative estimate of drug-likeness (QED) is 0.538. The molecule has 2 aliphatic rings. The zero-order chi connectivity index (χ0) is 25.2. The fraction of sp³-hybridized carbons (Fsp3) is 0.500. The summed E-state index contributed by atoms with van der Waals surface area (Å²) in [5.41, 5.74) is 1.49. The number of amides is 1. The van der Waals surface area contributed by atoms with Gasteiger partial charge in [0.1, 0.15) is 5.00 Å². The summed E-state index contributed by atoms with van der Waals surface area (Å²) < 4.78 is 32.7. The topological polar surface area (TPSA) is 96.0 Å². The summed E-state index contributed by atoms with van der Waals surface area (Å²) in [6.07, 6.45) is 3.56. The van der Waals surface area contributed by atoms with Gasteiger partial charge in [0.15, 0.2) is 0 Å². The van der Waals surface area contributed by atoms with Crippen molar-refractivity contribution in [1.82, 2.24) is 9.21 Å². The number of thiophene rings is 1. The molecule has 2 heterocycles. The highest BCUT2D eigenvalue weighted by Gasteiger charge is 2.31. The summed E-state index contributed by atoms with van der Waals surface area (Å²) in [4.78, 5) is 28.9. The third-order valence-corrected chi connectivity index (χ3v) is 9.49. The number of sulfonamides is 1. The highest BCUT2D eigenvalue weighted by atomic mass is 35.5. The van der Waals surface area contributed by atoms with Crippen LogP contribution in [0.15, 0.2) is 29.2 Å². The monoisotopic (exact) mass is 539 g/mol. The lowest BCUT2D eigenvalue weighted by molar-refractivity contribution is -0.117. The molecule has 1 aromatic carbocycles. The van der Waals surface area contributed by atoms with Gasteiger partial charge in [-0.1, -0.05) is 11.6 Å². The highest BCUT2D eigenvalue weighted by Crippen LogP contribution is 2.38. The van der Waals surface area contributed by atoms with Crippen LogP contribution in [0.3, 0.4) is 0 Å². The number of esters is 1. The number of fused-ring (bicyclic) bond motifs is 1. The van der Waals surface area contributed by atoms with E-state index in [4.69, 9.17) is 16.3 Å². The molecule has 1 aromatic heterocycles. The Morgan fingerprint density at radius 2 is 1.74 bits per heavy atom. The summed E-state index contributed by atoms with van der Waals surface area (Å²) in [6.45, 7) is 5.18. The van der Waals surface area contributed by atoms with Crippen LogP contribution in [0.25, 0.3) is 0 Å². The van der Waals surface area contributed by atoms with Crippen LogP contribution in [0.4, 0.5) is 5.00 Å². The van der Waals surface area contributed by atoms with E-state index in [1.165, 1.54) is 27.8 Å². The number of piperazine rings is 1. The maximum Gasteiger partial charge on any atom is 0.341 e. The summed E-state index contributed by atoms with van der Waals surface area (Å²) >= 11 is 7.34. The van der Waals surface area contributed by atoms with Crippen LogP contribution in [-0.4, -0.2) is 68.3 Å². The van der Waals surface area contributed by atoms with Gasteiger partial charge in [0.25, 0.3) is 0 Å². The number of carbonyl (C=O) groups is 2. The average molecular weight is 540 g/mol. The van der Waals surface area contributed by atoms with Gasteiger partial charge in [0, 0.05) is 36.1 Å². The van der Waals surface area contributed by atoms with Gasteiger partial charge in [0.2, 0.25) is 15.9 Å². The smallest absolute Gasteiger partial charge is 0.341 e. The van der Waals surface area contributed by atoms with Crippen LogP contribution in [0.5, 0.6) is 0 Å². The van der Waals surface area contributed by atoms with E-state index in [9.17, 15) is 18.0 Å². The van der Waals surface area contributed by atoms with Gasteiger partial charge < -0.3 is 10.1 Å². The minimum absolute atomic E-state index is 0.121. The van der Waals surface area contributed by atoms with E-state index in [0.717, 1.165) is 36.1 Å². The maximum absolute atomic E-state index is 12.9. The van der Waals surface area contributed by atoms with E-state index in [-0.39, 0.29) is 36.5 Å². The van der Waals surface area contributed by atoms with Gasteiger partial charge in [-0.3, -0.25) is 9.69 Å². The summed E-state index contributed by atoms with van der Waals surface area (Å²) in [5.74, 6) is -0.619. The predicted molar refractivity (Wildman–Crippen MR) is 137 cm³/mol. The number of aryl methyl sites for hydroxylation is 1. The van der Waals surface area contributed by atoms with E-state index in [1.54, 1.807) is 12.1 Å². The second kappa shape index (κ2) is 11.0. The number of halogens is 1. The van der Waals surface area contributed by atoms with Crippen molar-refractivity contribution in [3.63, 3.8) is 0 Å². The number of carbonyl (C=O) groups excluding carboxylic acids is 2. The highest BCUT2D eigenvalue weighted by molar-refractivity contribution is 7.89. The Morgan fingerprint density at radius 1 is 1.09 bits per heavy atom. The fourth-order valence-electron chi connectivity index (χ4n) is 4.40. The molecule has 0 spiro atoms. The Kier molecular flexibility index (Phi) is 8.17. The minimum atomic E-state index is -3.61. The standard InChI is InChI=1S/C24H30ClN3O5S2/c1-16(2)33-24(30)22-19-5-3-4-6-20(19)34-23(22)26-21(29)15-27-11-13-28(14-12-27)35(31,32)18-9-7-17(25)8-10-18/h7-10,16H,3-6,11-15H2,1-2H3,(H,26,29). The predicted octanol–water partition coefficient (Wildman–Crippen LogP) is 3.79. The largest absolute Gasteiger partial charge is 0.459 e. The maximum atomic E-state index is 12.9. The molecule has 0 radical (unpaired) electrons. The summed E-state index contributed by atoms with van der Waals surface area (Å²) in [5, 5.41) is 3.97. The average Bonchev–Trinajstić information content (AvgIpc) is 3.17. The van der Waals surface area contributed by atoms with Crippen LogP contribution in [0.1, 0.15) is 47.5 Å². The van der Waals surface area contributed by atoms with Crippen molar-refractivity contribution in [2.75, 3.05) is 38.0 Å². The minimum Gasteiger partial charge on any atom is -0.459 e. The van der Waals surface area contributed by atoms with E-state index in [0.29, 0.717) is 28.7 Å². The van der Waals surface area contributed by atoms with Crippen LogP contribution < -0.4 is 5.32 Å². The van der Waals surface area contributed by atoms with Crippen molar-refractivity contribution >= 4 is 49.8 Å². The summed E-state index contributed by atoms with van der Waals surface area (Å²) in [6, 6.07) is 6.12. The van der Waals surface area contributed by atoms with Crippen LogP contribution in [0.2, 0.25) is 5.02 Å². The van der Waals surface area contributed by atoms with E-state index in [2.05, 4.69) is 5.32 Å². The molecule has 0 atom stereocenters. The molecule has 1 amide bonds. The van der Waals surface area contributed by atoms with Gasteiger partial charge in [-0.05, 0) is 69.4 Å². The molecule has 1 saturated heterocycles. The third kappa shape index (κ3) is 6.06. The second-order valence-corrected chi connectivity index (χ2v) is 12.5. The number of nitrogens with zero attached hydrogens (tertiary/aromatic N) is 2. The SMILES string of the molecule is CC(C)OC(=O)c1c(NC(=O)CN2CCN(S(=O)(=O)c3ccc(Cl)cc3)CC2)sc2c1CCCC2. The lowest BCUT2D eigenvalue weighted by Crippen LogP contribution is -2.50.